The lowest BCUT2D eigenvalue weighted by Crippen LogP contribution is -2.17. The number of nitrogens with two attached hydrogens (primary N) is 1. The number of aryl methyl sites for hydroxylation is 1. The van der Waals surface area contributed by atoms with Crippen LogP contribution in [0.5, 0.6) is 0 Å². The summed E-state index contributed by atoms with van der Waals surface area (Å²) in [5.41, 5.74) is 6.91. The molecule has 2 rings (SSSR count). The first kappa shape index (κ1) is 11.8. The van der Waals surface area contributed by atoms with Crippen LogP contribution >= 0.6 is 0 Å². The minimum absolute atomic E-state index is 0.159. The van der Waals surface area contributed by atoms with Crippen molar-refractivity contribution in [1.82, 2.24) is 24.5 Å². The highest BCUT2D eigenvalue weighted by molar-refractivity contribution is 5.06. The van der Waals surface area contributed by atoms with Gasteiger partial charge in [-0.05, 0) is 25.8 Å². The Balaban J connectivity index is 2.06. The van der Waals surface area contributed by atoms with E-state index in [1.807, 2.05) is 35.6 Å². The first-order valence-electron chi connectivity index (χ1n) is 5.82. The molecule has 92 valence electrons. The summed E-state index contributed by atoms with van der Waals surface area (Å²) in [7, 11) is 0. The van der Waals surface area contributed by atoms with Crippen molar-refractivity contribution in [2.45, 2.75) is 39.4 Å². The Morgan fingerprint density at radius 3 is 2.94 bits per heavy atom. The highest BCUT2D eigenvalue weighted by atomic mass is 15.4. The third-order valence-corrected chi connectivity index (χ3v) is 2.54. The molecule has 2 aromatic rings. The quantitative estimate of drug-likeness (QED) is 0.814. The molecule has 0 saturated heterocycles. The molecule has 2 heterocycles. The van der Waals surface area contributed by atoms with Gasteiger partial charge in [0.1, 0.15) is 18.7 Å². The smallest absolute Gasteiger partial charge is 0.148 e. The Labute approximate surface area is 100 Å². The molecule has 2 aromatic heterocycles. The van der Waals surface area contributed by atoms with Gasteiger partial charge in [0.15, 0.2) is 0 Å². The molecule has 6 nitrogen and oxygen atoms in total. The molecule has 0 aliphatic rings. The summed E-state index contributed by atoms with van der Waals surface area (Å²) in [6.45, 7) is 5.50. The van der Waals surface area contributed by atoms with Crippen molar-refractivity contribution in [3.8, 4) is 0 Å². The normalized spacial score (nSPS) is 12.9. The zero-order chi connectivity index (χ0) is 12.3. The fraction of sp³-hybridized carbons (Fsp3) is 0.545. The lowest BCUT2D eigenvalue weighted by atomic mass is 10.1. The van der Waals surface area contributed by atoms with Crippen LogP contribution in [0, 0.1) is 0 Å². The topological polar surface area (TPSA) is 74.5 Å². The van der Waals surface area contributed by atoms with Crippen molar-refractivity contribution in [1.29, 1.82) is 0 Å². The van der Waals surface area contributed by atoms with Crippen LogP contribution in [-0.2, 0) is 19.5 Å². The molecule has 0 saturated carbocycles. The van der Waals surface area contributed by atoms with Crippen LogP contribution in [0.3, 0.4) is 0 Å². The lowest BCUT2D eigenvalue weighted by Gasteiger charge is -2.03. The van der Waals surface area contributed by atoms with Gasteiger partial charge in [-0.2, -0.15) is 10.2 Å². The van der Waals surface area contributed by atoms with Crippen LogP contribution in [-0.4, -0.2) is 30.6 Å². The molecule has 0 aliphatic heterocycles. The minimum atomic E-state index is 0.159. The molecule has 0 bridgehead atoms. The SMILES string of the molecule is CCn1ncnc1Cn1cc(CC(C)N)cn1. The van der Waals surface area contributed by atoms with Gasteiger partial charge in [0, 0.05) is 18.8 Å². The molecule has 2 N–H and O–H groups in total. The van der Waals surface area contributed by atoms with Gasteiger partial charge in [0.05, 0.1) is 6.20 Å². The summed E-state index contributed by atoms with van der Waals surface area (Å²) in [5, 5.41) is 8.43. The third-order valence-electron chi connectivity index (χ3n) is 2.54. The van der Waals surface area contributed by atoms with E-state index in [0.29, 0.717) is 6.54 Å². The average Bonchev–Trinajstić information content (AvgIpc) is 2.87. The first-order chi connectivity index (χ1) is 8.19. The second-order valence-corrected chi connectivity index (χ2v) is 4.22. The Bertz CT molecular complexity index is 470. The van der Waals surface area contributed by atoms with E-state index in [2.05, 4.69) is 15.2 Å². The number of hydrogen-bond donors (Lipinski definition) is 1. The number of aromatic nitrogens is 5. The molecule has 1 atom stereocenters. The summed E-state index contributed by atoms with van der Waals surface area (Å²) >= 11 is 0. The predicted octanol–water partition coefficient (Wildman–Crippen LogP) is 0.432. The van der Waals surface area contributed by atoms with E-state index >= 15 is 0 Å². The molecule has 0 aliphatic carbocycles. The maximum Gasteiger partial charge on any atom is 0.148 e. The highest BCUT2D eigenvalue weighted by Gasteiger charge is 2.06. The van der Waals surface area contributed by atoms with E-state index in [1.54, 1.807) is 6.33 Å². The van der Waals surface area contributed by atoms with Gasteiger partial charge in [-0.25, -0.2) is 9.67 Å². The molecular formula is C11H18N6. The molecule has 0 amide bonds. The minimum Gasteiger partial charge on any atom is -0.328 e. The molecule has 0 spiro atoms. The number of hydrogen-bond acceptors (Lipinski definition) is 4. The van der Waals surface area contributed by atoms with Crippen LogP contribution in [0.1, 0.15) is 25.2 Å². The van der Waals surface area contributed by atoms with Crippen molar-refractivity contribution in [3.05, 3.63) is 30.1 Å². The highest BCUT2D eigenvalue weighted by Crippen LogP contribution is 2.03. The predicted molar refractivity (Wildman–Crippen MR) is 64.4 cm³/mol. The summed E-state index contributed by atoms with van der Waals surface area (Å²) in [6.07, 6.45) is 6.29. The average molecular weight is 234 g/mol. The van der Waals surface area contributed by atoms with Crippen molar-refractivity contribution in [2.75, 3.05) is 0 Å². The van der Waals surface area contributed by atoms with Gasteiger partial charge in [-0.15, -0.1) is 0 Å². The van der Waals surface area contributed by atoms with Crippen LogP contribution in [0.15, 0.2) is 18.7 Å². The standard InChI is InChI=1S/C11H18N6/c1-3-17-11(13-8-15-17)7-16-6-10(5-14-16)4-9(2)12/h5-6,8-9H,3-4,7,12H2,1-2H3. The van der Waals surface area contributed by atoms with Gasteiger partial charge in [-0.1, -0.05) is 0 Å². The van der Waals surface area contributed by atoms with Gasteiger partial charge in [-0.3, -0.25) is 4.68 Å². The molecule has 0 fully saturated rings. The molecule has 1 unspecified atom stereocenters. The monoisotopic (exact) mass is 234 g/mol. The van der Waals surface area contributed by atoms with Crippen LogP contribution in [0.2, 0.25) is 0 Å². The van der Waals surface area contributed by atoms with Crippen LogP contribution in [0.25, 0.3) is 0 Å². The maximum absolute atomic E-state index is 5.75. The Kier molecular flexibility index (Phi) is 3.53. The van der Waals surface area contributed by atoms with Gasteiger partial charge < -0.3 is 5.73 Å². The van der Waals surface area contributed by atoms with Gasteiger partial charge in [0.25, 0.3) is 0 Å². The van der Waals surface area contributed by atoms with Crippen LogP contribution in [0.4, 0.5) is 0 Å². The van der Waals surface area contributed by atoms with E-state index in [4.69, 9.17) is 5.73 Å². The van der Waals surface area contributed by atoms with Crippen molar-refractivity contribution >= 4 is 0 Å². The second-order valence-electron chi connectivity index (χ2n) is 4.22. The van der Waals surface area contributed by atoms with E-state index in [9.17, 15) is 0 Å². The first-order valence-corrected chi connectivity index (χ1v) is 5.82. The number of nitrogens with zero attached hydrogens (tertiary/aromatic N) is 5. The number of rotatable bonds is 5. The van der Waals surface area contributed by atoms with Gasteiger partial charge >= 0.3 is 0 Å². The second kappa shape index (κ2) is 5.09. The molecule has 6 heteroatoms. The molecule has 0 aromatic carbocycles. The van der Waals surface area contributed by atoms with Crippen molar-refractivity contribution in [2.24, 2.45) is 5.73 Å². The van der Waals surface area contributed by atoms with E-state index in [-0.39, 0.29) is 6.04 Å². The Morgan fingerprint density at radius 1 is 1.41 bits per heavy atom. The van der Waals surface area contributed by atoms with Crippen molar-refractivity contribution < 1.29 is 0 Å². The molecular weight excluding hydrogens is 216 g/mol. The van der Waals surface area contributed by atoms with E-state index in [1.165, 1.54) is 0 Å². The Hall–Kier alpha value is -1.69. The largest absolute Gasteiger partial charge is 0.328 e. The molecule has 0 radical (unpaired) electrons. The summed E-state index contributed by atoms with van der Waals surface area (Å²) in [5.74, 6) is 0.919. The fourth-order valence-corrected chi connectivity index (χ4v) is 1.79. The maximum atomic E-state index is 5.75. The summed E-state index contributed by atoms with van der Waals surface area (Å²) in [6, 6.07) is 0.159. The van der Waals surface area contributed by atoms with E-state index < -0.39 is 0 Å². The van der Waals surface area contributed by atoms with Crippen LogP contribution < -0.4 is 5.73 Å². The fourth-order valence-electron chi connectivity index (χ4n) is 1.79. The van der Waals surface area contributed by atoms with E-state index in [0.717, 1.165) is 24.4 Å². The Morgan fingerprint density at radius 2 is 2.24 bits per heavy atom. The summed E-state index contributed by atoms with van der Waals surface area (Å²) in [4.78, 5) is 4.22. The zero-order valence-corrected chi connectivity index (χ0v) is 10.2. The third kappa shape index (κ3) is 2.91. The lowest BCUT2D eigenvalue weighted by molar-refractivity contribution is 0.567. The van der Waals surface area contributed by atoms with Crippen molar-refractivity contribution in [3.63, 3.8) is 0 Å². The molecule has 17 heavy (non-hydrogen) atoms. The summed E-state index contributed by atoms with van der Waals surface area (Å²) < 4.78 is 3.74. The van der Waals surface area contributed by atoms with Gasteiger partial charge in [0.2, 0.25) is 0 Å². The zero-order valence-electron chi connectivity index (χ0n) is 10.2.